The first-order chi connectivity index (χ1) is 3.85. The third kappa shape index (κ3) is 6.81. The van der Waals surface area contributed by atoms with Gasteiger partial charge in [0.1, 0.15) is 0 Å². The molecule has 0 aromatic rings. The Morgan fingerprint density at radius 3 is 1.78 bits per heavy atom. The molecule has 0 aliphatic heterocycles. The maximum absolute atomic E-state index is 8.46. The molecule has 0 atom stereocenters. The van der Waals surface area contributed by atoms with E-state index < -0.39 is 0 Å². The van der Waals surface area contributed by atoms with Crippen molar-refractivity contribution in [2.24, 2.45) is 0 Å². The summed E-state index contributed by atoms with van der Waals surface area (Å²) >= 11 is 0. The molecular weight excluding hydrogens is 125 g/mol. The van der Waals surface area contributed by atoms with Crippen LogP contribution >= 0.6 is 0 Å². The average Bonchev–Trinajstić information content (AvgIpc) is 1.83. The van der Waals surface area contributed by atoms with Crippen LogP contribution < -0.4 is 0 Å². The molecule has 0 aromatic heterocycles. The van der Waals surface area contributed by atoms with Crippen LogP contribution in [0, 0.1) is 0 Å². The number of likely N-dealkylation sites (N-methyl/N-ethyl adjacent to an activating group) is 1. The Kier molecular flexibility index (Phi) is 12.5. The number of rotatable bonds is 4. The molecule has 3 heteroatoms. The van der Waals surface area contributed by atoms with Gasteiger partial charge in [0.05, 0.1) is 6.61 Å². The number of hydrogen-bond acceptors (Lipinski definition) is 2. The summed E-state index contributed by atoms with van der Waals surface area (Å²) in [7, 11) is 0. The van der Waals surface area contributed by atoms with Crippen molar-refractivity contribution < 1.29 is 5.11 Å². The Hall–Kier alpha value is 0.920. The first-order valence-electron chi connectivity index (χ1n) is 3.18. The predicted molar refractivity (Wildman–Crippen MR) is 40.6 cm³/mol. The van der Waals surface area contributed by atoms with Gasteiger partial charge in [0.2, 0.25) is 0 Å². The Bertz CT molecular complexity index is 48.3. The van der Waals surface area contributed by atoms with Gasteiger partial charge in [-0.3, -0.25) is 0 Å². The van der Waals surface area contributed by atoms with Gasteiger partial charge in [-0.2, -0.15) is 0 Å². The molecule has 0 rings (SSSR count). The second-order valence-electron chi connectivity index (χ2n) is 1.75. The van der Waals surface area contributed by atoms with E-state index in [1.165, 1.54) is 0 Å². The maximum atomic E-state index is 8.46. The van der Waals surface area contributed by atoms with Crippen molar-refractivity contribution in [1.29, 1.82) is 0 Å². The van der Waals surface area contributed by atoms with E-state index in [-0.39, 0.29) is 36.2 Å². The molecule has 0 aliphatic rings. The molecule has 0 amide bonds. The third-order valence-electron chi connectivity index (χ3n) is 1.31. The average molecular weight is 140 g/mol. The predicted octanol–water partition coefficient (Wildman–Crippen LogP) is -0.0603. The molecule has 0 saturated heterocycles. The zero-order valence-electron chi connectivity index (χ0n) is 6.72. The van der Waals surface area contributed by atoms with Crippen LogP contribution in [0.25, 0.3) is 0 Å². The second kappa shape index (κ2) is 8.92. The Morgan fingerprint density at radius 1 is 1.22 bits per heavy atom. The van der Waals surface area contributed by atoms with Gasteiger partial charge in [-0.25, -0.2) is 0 Å². The topological polar surface area (TPSA) is 23.5 Å². The van der Waals surface area contributed by atoms with Crippen molar-refractivity contribution in [2.45, 2.75) is 13.8 Å². The largest absolute Gasteiger partial charge is 0.395 e. The Balaban J connectivity index is 0. The van der Waals surface area contributed by atoms with Gasteiger partial charge in [0.15, 0.2) is 0 Å². The summed E-state index contributed by atoms with van der Waals surface area (Å²) in [6.45, 7) is 7.36. The van der Waals surface area contributed by atoms with E-state index in [1.54, 1.807) is 0 Å². The molecule has 0 bridgehead atoms. The zero-order chi connectivity index (χ0) is 6.41. The van der Waals surface area contributed by atoms with E-state index in [1.807, 2.05) is 0 Å². The summed E-state index contributed by atoms with van der Waals surface area (Å²) in [6, 6.07) is 0. The fraction of sp³-hybridized carbons (Fsp3) is 1.00. The smallest absolute Gasteiger partial charge is 0.0558 e. The van der Waals surface area contributed by atoms with Gasteiger partial charge in [0, 0.05) is 36.1 Å². The standard InChI is InChI=1S/C6H15NO.Na/c1-3-7(4-2)5-6-8;/h8H,3-6H2,1-2H3;. The van der Waals surface area contributed by atoms with Crippen LogP contribution in [0.2, 0.25) is 0 Å². The molecule has 0 spiro atoms. The molecule has 0 heterocycles. The summed E-state index contributed by atoms with van der Waals surface area (Å²) in [5, 5.41) is 8.46. The molecule has 0 fully saturated rings. The van der Waals surface area contributed by atoms with E-state index in [4.69, 9.17) is 5.11 Å². The SMILES string of the molecule is CCN(CC)CCO.[Na]. The van der Waals surface area contributed by atoms with Gasteiger partial charge >= 0.3 is 0 Å². The first-order valence-corrected chi connectivity index (χ1v) is 3.18. The van der Waals surface area contributed by atoms with Crippen LogP contribution in [0.3, 0.4) is 0 Å². The van der Waals surface area contributed by atoms with E-state index in [0.29, 0.717) is 0 Å². The van der Waals surface area contributed by atoms with Crippen LogP contribution in [0.5, 0.6) is 0 Å². The van der Waals surface area contributed by atoms with E-state index in [2.05, 4.69) is 18.7 Å². The van der Waals surface area contributed by atoms with E-state index >= 15 is 0 Å². The van der Waals surface area contributed by atoms with Crippen molar-refractivity contribution in [1.82, 2.24) is 4.90 Å². The maximum Gasteiger partial charge on any atom is 0.0558 e. The van der Waals surface area contributed by atoms with Crippen LogP contribution in [-0.2, 0) is 0 Å². The third-order valence-corrected chi connectivity index (χ3v) is 1.31. The molecule has 0 unspecified atom stereocenters. The molecule has 1 N–H and O–H groups in total. The minimum atomic E-state index is 0. The molecule has 2 nitrogen and oxygen atoms in total. The van der Waals surface area contributed by atoms with Crippen molar-refractivity contribution in [2.75, 3.05) is 26.2 Å². The number of aliphatic hydroxyl groups is 1. The zero-order valence-corrected chi connectivity index (χ0v) is 8.72. The van der Waals surface area contributed by atoms with Crippen LogP contribution in [0.4, 0.5) is 0 Å². The summed E-state index contributed by atoms with van der Waals surface area (Å²) in [4.78, 5) is 2.18. The van der Waals surface area contributed by atoms with Crippen molar-refractivity contribution >= 4 is 29.6 Å². The monoisotopic (exact) mass is 140 g/mol. The Morgan fingerprint density at radius 2 is 1.67 bits per heavy atom. The molecule has 9 heavy (non-hydrogen) atoms. The molecule has 51 valence electrons. The minimum absolute atomic E-state index is 0. The quantitative estimate of drug-likeness (QED) is 0.553. The van der Waals surface area contributed by atoms with Crippen molar-refractivity contribution in [3.8, 4) is 0 Å². The van der Waals surface area contributed by atoms with Crippen LogP contribution in [0.1, 0.15) is 13.8 Å². The molecule has 0 saturated carbocycles. The van der Waals surface area contributed by atoms with Crippen LogP contribution in [-0.4, -0.2) is 65.8 Å². The van der Waals surface area contributed by atoms with Crippen molar-refractivity contribution in [3.05, 3.63) is 0 Å². The first kappa shape index (κ1) is 12.6. The van der Waals surface area contributed by atoms with E-state index in [9.17, 15) is 0 Å². The van der Waals surface area contributed by atoms with Gasteiger partial charge in [-0.15, -0.1) is 0 Å². The van der Waals surface area contributed by atoms with Crippen LogP contribution in [0.15, 0.2) is 0 Å². The normalized spacial score (nSPS) is 9.33. The van der Waals surface area contributed by atoms with Gasteiger partial charge in [-0.05, 0) is 13.1 Å². The number of nitrogens with zero attached hydrogens (tertiary/aromatic N) is 1. The minimum Gasteiger partial charge on any atom is -0.395 e. The van der Waals surface area contributed by atoms with Crippen molar-refractivity contribution in [3.63, 3.8) is 0 Å². The number of aliphatic hydroxyl groups excluding tert-OH is 1. The van der Waals surface area contributed by atoms with E-state index in [0.717, 1.165) is 19.6 Å². The van der Waals surface area contributed by atoms with Gasteiger partial charge in [-0.1, -0.05) is 13.8 Å². The fourth-order valence-electron chi connectivity index (χ4n) is 0.681. The molecule has 0 aliphatic carbocycles. The summed E-state index contributed by atoms with van der Waals surface area (Å²) in [5.41, 5.74) is 0. The molecule has 0 aromatic carbocycles. The number of hydrogen-bond donors (Lipinski definition) is 1. The summed E-state index contributed by atoms with van der Waals surface area (Å²) in [6.07, 6.45) is 0. The van der Waals surface area contributed by atoms with Gasteiger partial charge in [0.25, 0.3) is 0 Å². The summed E-state index contributed by atoms with van der Waals surface area (Å²) < 4.78 is 0. The summed E-state index contributed by atoms with van der Waals surface area (Å²) in [5.74, 6) is 0. The fourth-order valence-corrected chi connectivity index (χ4v) is 0.681. The molecule has 1 radical (unpaired) electrons. The second-order valence-corrected chi connectivity index (χ2v) is 1.75. The Labute approximate surface area is 79.5 Å². The van der Waals surface area contributed by atoms with Gasteiger partial charge < -0.3 is 10.0 Å². The molecular formula is C6H15NNaO.